The molecule has 0 bridgehead atoms. The van der Waals surface area contributed by atoms with Crippen molar-refractivity contribution in [1.29, 1.82) is 0 Å². The normalized spacial score (nSPS) is 12.6. The van der Waals surface area contributed by atoms with Gasteiger partial charge in [-0.3, -0.25) is 9.35 Å². The summed E-state index contributed by atoms with van der Waals surface area (Å²) in [6, 6.07) is 15.1. The van der Waals surface area contributed by atoms with Crippen molar-refractivity contribution in [3.63, 3.8) is 0 Å². The fraction of sp³-hybridized carbons (Fsp3) is 0.188. The average molecular weight is 336 g/mol. The van der Waals surface area contributed by atoms with E-state index in [1.807, 2.05) is 6.07 Å². The first-order valence-electron chi connectivity index (χ1n) is 6.81. The third-order valence-corrected chi connectivity index (χ3v) is 3.80. The molecule has 1 atom stereocenters. The monoisotopic (exact) mass is 336 g/mol. The molecule has 2 N–H and O–H groups in total. The van der Waals surface area contributed by atoms with E-state index in [9.17, 15) is 18.3 Å². The quantitative estimate of drug-likeness (QED) is 0.587. The van der Waals surface area contributed by atoms with Crippen molar-refractivity contribution in [2.24, 2.45) is 0 Å². The summed E-state index contributed by atoms with van der Waals surface area (Å²) in [5, 5.41) is 9.42. The van der Waals surface area contributed by atoms with Crippen molar-refractivity contribution >= 4 is 15.9 Å². The molecule has 6 nitrogen and oxygen atoms in total. The molecule has 0 aliphatic carbocycles. The Kier molecular flexibility index (Phi) is 5.49. The molecule has 0 heterocycles. The number of hydrogen-bond donors (Lipinski definition) is 2. The smallest absolute Gasteiger partial charge is 0.267 e. The van der Waals surface area contributed by atoms with Crippen molar-refractivity contribution in [2.45, 2.75) is 6.10 Å². The van der Waals surface area contributed by atoms with Crippen LogP contribution in [-0.4, -0.2) is 42.3 Å². The van der Waals surface area contributed by atoms with Gasteiger partial charge in [-0.2, -0.15) is 8.42 Å². The number of carbonyl (C=O) groups excluding carboxylic acids is 1. The molecule has 0 radical (unpaired) electrons. The second-order valence-electron chi connectivity index (χ2n) is 4.93. The molecule has 0 saturated heterocycles. The lowest BCUT2D eigenvalue weighted by atomic mass is 10.0. The first-order chi connectivity index (χ1) is 10.8. The maximum Gasteiger partial charge on any atom is 0.267 e. The maximum absolute atomic E-state index is 12.2. The van der Waals surface area contributed by atoms with Crippen molar-refractivity contribution in [3.8, 4) is 5.75 Å². The SMILES string of the molecule is O=C(c1ccccc1)c1ccc(OCC(O)CS(=O)(=O)O)cc1. The highest BCUT2D eigenvalue weighted by Crippen LogP contribution is 2.15. The van der Waals surface area contributed by atoms with E-state index in [1.54, 1.807) is 48.5 Å². The van der Waals surface area contributed by atoms with Crippen molar-refractivity contribution < 1.29 is 27.6 Å². The maximum atomic E-state index is 12.2. The molecular weight excluding hydrogens is 320 g/mol. The van der Waals surface area contributed by atoms with Crippen LogP contribution < -0.4 is 4.74 Å². The third kappa shape index (κ3) is 5.48. The van der Waals surface area contributed by atoms with Crippen LogP contribution in [0, 0.1) is 0 Å². The second-order valence-corrected chi connectivity index (χ2v) is 6.43. The molecule has 2 rings (SSSR count). The molecule has 1 unspecified atom stereocenters. The Morgan fingerprint density at radius 2 is 1.57 bits per heavy atom. The summed E-state index contributed by atoms with van der Waals surface area (Å²) in [5.41, 5.74) is 1.06. The van der Waals surface area contributed by atoms with E-state index in [0.717, 1.165) is 0 Å². The van der Waals surface area contributed by atoms with Crippen LogP contribution in [0.5, 0.6) is 5.75 Å². The highest BCUT2D eigenvalue weighted by Gasteiger charge is 2.15. The van der Waals surface area contributed by atoms with Gasteiger partial charge in [0, 0.05) is 11.1 Å². The number of aliphatic hydroxyl groups is 1. The number of ether oxygens (including phenoxy) is 1. The largest absolute Gasteiger partial charge is 0.491 e. The summed E-state index contributed by atoms with van der Waals surface area (Å²) in [4.78, 5) is 12.2. The zero-order valence-corrected chi connectivity index (χ0v) is 12.9. The summed E-state index contributed by atoms with van der Waals surface area (Å²) >= 11 is 0. The van der Waals surface area contributed by atoms with Gasteiger partial charge in [-0.15, -0.1) is 0 Å². The van der Waals surface area contributed by atoms with Crippen molar-refractivity contribution in [2.75, 3.05) is 12.4 Å². The molecule has 7 heteroatoms. The minimum Gasteiger partial charge on any atom is -0.491 e. The summed E-state index contributed by atoms with van der Waals surface area (Å²) in [6.07, 6.45) is -1.34. The molecule has 2 aromatic rings. The molecule has 2 aromatic carbocycles. The summed E-state index contributed by atoms with van der Waals surface area (Å²) < 4.78 is 35.0. The lowest BCUT2D eigenvalue weighted by Crippen LogP contribution is -2.26. The van der Waals surface area contributed by atoms with Gasteiger partial charge < -0.3 is 9.84 Å². The lowest BCUT2D eigenvalue weighted by molar-refractivity contribution is 0.103. The number of carbonyl (C=O) groups is 1. The molecule has 0 spiro atoms. The van der Waals surface area contributed by atoms with Crippen LogP contribution in [0.2, 0.25) is 0 Å². The van der Waals surface area contributed by atoms with Crippen LogP contribution in [0.25, 0.3) is 0 Å². The standard InChI is InChI=1S/C16H16O6S/c17-14(11-23(19,20)21)10-22-15-8-6-13(7-9-15)16(18)12-4-2-1-3-5-12/h1-9,14,17H,10-11H2,(H,19,20,21). The van der Waals surface area contributed by atoms with E-state index in [0.29, 0.717) is 16.9 Å². The molecule has 122 valence electrons. The zero-order chi connectivity index (χ0) is 16.9. The minimum atomic E-state index is -4.25. The second kappa shape index (κ2) is 7.36. The highest BCUT2D eigenvalue weighted by molar-refractivity contribution is 7.85. The Bertz CT molecular complexity index is 753. The Morgan fingerprint density at radius 3 is 2.13 bits per heavy atom. The van der Waals surface area contributed by atoms with E-state index in [4.69, 9.17) is 9.29 Å². The van der Waals surface area contributed by atoms with E-state index in [2.05, 4.69) is 0 Å². The van der Waals surface area contributed by atoms with Gasteiger partial charge in [0.2, 0.25) is 0 Å². The fourth-order valence-corrected chi connectivity index (χ4v) is 2.52. The molecule has 0 saturated carbocycles. The number of hydrogen-bond acceptors (Lipinski definition) is 5. The van der Waals surface area contributed by atoms with E-state index >= 15 is 0 Å². The molecule has 0 amide bonds. The topological polar surface area (TPSA) is 101 Å². The van der Waals surface area contributed by atoms with Gasteiger partial charge in [0.05, 0.1) is 0 Å². The van der Waals surface area contributed by atoms with Gasteiger partial charge in [-0.1, -0.05) is 30.3 Å². The Morgan fingerprint density at radius 1 is 1.00 bits per heavy atom. The Hall–Kier alpha value is -2.22. The number of benzene rings is 2. The van der Waals surface area contributed by atoms with Gasteiger partial charge in [0.25, 0.3) is 10.1 Å². The van der Waals surface area contributed by atoms with Gasteiger partial charge >= 0.3 is 0 Å². The van der Waals surface area contributed by atoms with Crippen LogP contribution in [0.15, 0.2) is 54.6 Å². The number of ketones is 1. The summed E-state index contributed by atoms with van der Waals surface area (Å²) in [7, 11) is -4.25. The predicted octanol–water partition coefficient (Wildman–Crippen LogP) is 1.55. The van der Waals surface area contributed by atoms with Crippen molar-refractivity contribution in [1.82, 2.24) is 0 Å². The van der Waals surface area contributed by atoms with E-state index < -0.39 is 22.0 Å². The fourth-order valence-electron chi connectivity index (χ4n) is 1.94. The summed E-state index contributed by atoms with van der Waals surface area (Å²) in [5.74, 6) is -0.537. The van der Waals surface area contributed by atoms with Gasteiger partial charge in [-0.25, -0.2) is 0 Å². The highest BCUT2D eigenvalue weighted by atomic mass is 32.2. The summed E-state index contributed by atoms with van der Waals surface area (Å²) in [6.45, 7) is -0.286. The molecule has 0 fully saturated rings. The van der Waals surface area contributed by atoms with E-state index in [1.165, 1.54) is 0 Å². The molecule has 23 heavy (non-hydrogen) atoms. The van der Waals surface area contributed by atoms with Crippen LogP contribution >= 0.6 is 0 Å². The molecular formula is C16H16O6S. The Balaban J connectivity index is 1.96. The predicted molar refractivity (Wildman–Crippen MR) is 84.2 cm³/mol. The zero-order valence-electron chi connectivity index (χ0n) is 12.1. The van der Waals surface area contributed by atoms with Gasteiger partial charge in [-0.05, 0) is 24.3 Å². The molecule has 0 aliphatic rings. The number of rotatable bonds is 7. The van der Waals surface area contributed by atoms with Gasteiger partial charge in [0.1, 0.15) is 24.2 Å². The average Bonchev–Trinajstić information content (AvgIpc) is 2.52. The molecule has 0 aliphatic heterocycles. The first kappa shape index (κ1) is 17.1. The van der Waals surface area contributed by atoms with Crippen LogP contribution in [0.4, 0.5) is 0 Å². The van der Waals surface area contributed by atoms with Crippen LogP contribution in [-0.2, 0) is 10.1 Å². The van der Waals surface area contributed by atoms with E-state index in [-0.39, 0.29) is 12.4 Å². The molecule has 0 aromatic heterocycles. The van der Waals surface area contributed by atoms with Crippen molar-refractivity contribution in [3.05, 3.63) is 65.7 Å². The first-order valence-corrected chi connectivity index (χ1v) is 8.42. The Labute approximate surface area is 134 Å². The van der Waals surface area contributed by atoms with Crippen LogP contribution in [0.3, 0.4) is 0 Å². The third-order valence-electron chi connectivity index (χ3n) is 3.00. The lowest BCUT2D eigenvalue weighted by Gasteiger charge is -2.11. The minimum absolute atomic E-state index is 0.122. The van der Waals surface area contributed by atoms with Gasteiger partial charge in [0.15, 0.2) is 5.78 Å². The van der Waals surface area contributed by atoms with Crippen LogP contribution in [0.1, 0.15) is 15.9 Å². The number of aliphatic hydroxyl groups excluding tert-OH is 1.